The Kier molecular flexibility index (Phi) is 2.72. The van der Waals surface area contributed by atoms with Crippen molar-refractivity contribution in [2.75, 3.05) is 5.73 Å². The molecule has 0 bridgehead atoms. The lowest BCUT2D eigenvalue weighted by molar-refractivity contribution is 0.407. The molecule has 0 spiro atoms. The van der Waals surface area contributed by atoms with Crippen molar-refractivity contribution in [3.8, 4) is 11.5 Å². The Labute approximate surface area is 91.3 Å². The van der Waals surface area contributed by atoms with Crippen LogP contribution in [0.15, 0.2) is 42.5 Å². The van der Waals surface area contributed by atoms with E-state index in [4.69, 9.17) is 10.5 Å². The van der Waals surface area contributed by atoms with Gasteiger partial charge in [0.05, 0.1) is 0 Å². The number of benzene rings is 2. The third kappa shape index (κ3) is 2.11. The molecule has 0 heterocycles. The first kappa shape index (κ1) is 10.4. The summed E-state index contributed by atoms with van der Waals surface area (Å²) in [5.74, 6) is -1.56. The second-order valence-corrected chi connectivity index (χ2v) is 3.22. The van der Waals surface area contributed by atoms with Crippen LogP contribution in [0, 0.1) is 11.6 Å². The fourth-order valence-corrected chi connectivity index (χ4v) is 1.23. The molecule has 2 rings (SSSR count). The molecule has 0 amide bonds. The Hall–Kier alpha value is -2.10. The molecule has 0 aromatic heterocycles. The van der Waals surface area contributed by atoms with Gasteiger partial charge >= 0.3 is 0 Å². The van der Waals surface area contributed by atoms with Crippen molar-refractivity contribution in [2.45, 2.75) is 0 Å². The molecule has 0 aliphatic heterocycles. The molecule has 0 unspecified atom stereocenters. The number of para-hydroxylation sites is 1. The van der Waals surface area contributed by atoms with E-state index in [1.165, 1.54) is 6.07 Å². The summed E-state index contributed by atoms with van der Waals surface area (Å²) in [6, 6.07) is 9.82. The highest BCUT2D eigenvalue weighted by atomic mass is 19.1. The maximum Gasteiger partial charge on any atom is 0.198 e. The van der Waals surface area contributed by atoms with Gasteiger partial charge in [0.1, 0.15) is 5.75 Å². The van der Waals surface area contributed by atoms with Gasteiger partial charge in [0.15, 0.2) is 17.4 Å². The molecule has 0 radical (unpaired) electrons. The second kappa shape index (κ2) is 4.18. The number of nitrogen functional groups attached to an aromatic ring is 1. The summed E-state index contributed by atoms with van der Waals surface area (Å²) in [4.78, 5) is 0. The van der Waals surface area contributed by atoms with Crippen LogP contribution in [-0.2, 0) is 0 Å². The lowest BCUT2D eigenvalue weighted by Crippen LogP contribution is -1.92. The average Bonchev–Trinajstić information content (AvgIpc) is 2.26. The SMILES string of the molecule is Nc1ccc(Oc2c(F)cccc2F)cc1. The van der Waals surface area contributed by atoms with Crippen LogP contribution < -0.4 is 10.5 Å². The van der Waals surface area contributed by atoms with Gasteiger partial charge in [-0.3, -0.25) is 0 Å². The van der Waals surface area contributed by atoms with Gasteiger partial charge < -0.3 is 10.5 Å². The zero-order chi connectivity index (χ0) is 11.5. The third-order valence-electron chi connectivity index (χ3n) is 2.02. The van der Waals surface area contributed by atoms with Crippen molar-refractivity contribution < 1.29 is 13.5 Å². The maximum absolute atomic E-state index is 13.2. The molecule has 16 heavy (non-hydrogen) atoms. The third-order valence-corrected chi connectivity index (χ3v) is 2.02. The van der Waals surface area contributed by atoms with Crippen LogP contribution in [0.3, 0.4) is 0 Å². The summed E-state index contributed by atoms with van der Waals surface area (Å²) in [7, 11) is 0. The Morgan fingerprint density at radius 3 is 2.00 bits per heavy atom. The highest BCUT2D eigenvalue weighted by Gasteiger charge is 2.10. The minimum absolute atomic E-state index is 0.332. The first-order valence-corrected chi connectivity index (χ1v) is 4.64. The molecule has 0 fully saturated rings. The van der Waals surface area contributed by atoms with Gasteiger partial charge in [-0.1, -0.05) is 6.07 Å². The van der Waals surface area contributed by atoms with E-state index in [2.05, 4.69) is 0 Å². The van der Waals surface area contributed by atoms with Gasteiger partial charge in [-0.25, -0.2) is 8.78 Å². The van der Waals surface area contributed by atoms with Crippen molar-refractivity contribution in [3.63, 3.8) is 0 Å². The Morgan fingerprint density at radius 1 is 0.875 bits per heavy atom. The number of ether oxygens (including phenoxy) is 1. The van der Waals surface area contributed by atoms with E-state index in [0.717, 1.165) is 12.1 Å². The predicted molar refractivity (Wildman–Crippen MR) is 57.3 cm³/mol. The first-order chi connectivity index (χ1) is 7.66. The lowest BCUT2D eigenvalue weighted by Gasteiger charge is -2.07. The number of hydrogen-bond acceptors (Lipinski definition) is 2. The number of halogens is 2. The van der Waals surface area contributed by atoms with Crippen LogP contribution in [0.5, 0.6) is 11.5 Å². The highest BCUT2D eigenvalue weighted by molar-refractivity contribution is 5.43. The molecule has 2 nitrogen and oxygen atoms in total. The standard InChI is InChI=1S/C12H9F2NO/c13-10-2-1-3-11(14)12(10)16-9-6-4-8(15)5-7-9/h1-7H,15H2. The maximum atomic E-state index is 13.2. The normalized spacial score (nSPS) is 10.1. The van der Waals surface area contributed by atoms with Crippen molar-refractivity contribution in [3.05, 3.63) is 54.1 Å². The number of rotatable bonds is 2. The van der Waals surface area contributed by atoms with E-state index in [9.17, 15) is 8.78 Å². The van der Waals surface area contributed by atoms with Gasteiger partial charge in [0, 0.05) is 5.69 Å². The minimum atomic E-state index is -0.739. The fourth-order valence-electron chi connectivity index (χ4n) is 1.23. The van der Waals surface area contributed by atoms with Crippen LogP contribution in [0.2, 0.25) is 0 Å². The minimum Gasteiger partial charge on any atom is -0.451 e. The first-order valence-electron chi connectivity index (χ1n) is 4.64. The molecule has 0 aliphatic rings. The van der Waals surface area contributed by atoms with Crippen molar-refractivity contribution in [2.24, 2.45) is 0 Å². The molecule has 2 N–H and O–H groups in total. The van der Waals surface area contributed by atoms with E-state index in [-0.39, 0.29) is 0 Å². The summed E-state index contributed by atoms with van der Waals surface area (Å²) in [6.45, 7) is 0. The summed E-state index contributed by atoms with van der Waals surface area (Å²) >= 11 is 0. The van der Waals surface area contributed by atoms with E-state index < -0.39 is 17.4 Å². The summed E-state index contributed by atoms with van der Waals surface area (Å²) in [5.41, 5.74) is 6.03. The monoisotopic (exact) mass is 221 g/mol. The molecule has 2 aromatic rings. The number of nitrogens with two attached hydrogens (primary N) is 1. The van der Waals surface area contributed by atoms with Crippen LogP contribution in [0.4, 0.5) is 14.5 Å². The Morgan fingerprint density at radius 2 is 1.44 bits per heavy atom. The molecule has 0 saturated carbocycles. The summed E-state index contributed by atoms with van der Waals surface area (Å²) in [5, 5.41) is 0. The largest absolute Gasteiger partial charge is 0.451 e. The Bertz CT molecular complexity index is 477. The van der Waals surface area contributed by atoms with E-state index in [1.807, 2.05) is 0 Å². The van der Waals surface area contributed by atoms with Gasteiger partial charge in [0.25, 0.3) is 0 Å². The van der Waals surface area contributed by atoms with Crippen LogP contribution >= 0.6 is 0 Å². The fraction of sp³-hybridized carbons (Fsp3) is 0. The molecule has 82 valence electrons. The lowest BCUT2D eigenvalue weighted by atomic mass is 10.3. The smallest absolute Gasteiger partial charge is 0.198 e. The van der Waals surface area contributed by atoms with Crippen LogP contribution in [0.25, 0.3) is 0 Å². The summed E-state index contributed by atoms with van der Waals surface area (Å²) in [6.07, 6.45) is 0. The van der Waals surface area contributed by atoms with Gasteiger partial charge in [-0.2, -0.15) is 0 Å². The van der Waals surface area contributed by atoms with Gasteiger partial charge in [-0.05, 0) is 36.4 Å². The zero-order valence-electron chi connectivity index (χ0n) is 8.28. The van der Waals surface area contributed by atoms with E-state index in [1.54, 1.807) is 24.3 Å². The van der Waals surface area contributed by atoms with Crippen LogP contribution in [-0.4, -0.2) is 0 Å². The number of anilines is 1. The highest BCUT2D eigenvalue weighted by Crippen LogP contribution is 2.27. The summed E-state index contributed by atoms with van der Waals surface area (Å²) < 4.78 is 31.5. The predicted octanol–water partition coefficient (Wildman–Crippen LogP) is 3.34. The van der Waals surface area contributed by atoms with Crippen molar-refractivity contribution in [1.82, 2.24) is 0 Å². The molecular weight excluding hydrogens is 212 g/mol. The number of hydrogen-bond donors (Lipinski definition) is 1. The van der Waals surface area contributed by atoms with Gasteiger partial charge in [0.2, 0.25) is 0 Å². The van der Waals surface area contributed by atoms with Crippen LogP contribution in [0.1, 0.15) is 0 Å². The Balaban J connectivity index is 2.30. The molecule has 0 atom stereocenters. The van der Waals surface area contributed by atoms with Crippen molar-refractivity contribution >= 4 is 5.69 Å². The zero-order valence-corrected chi connectivity index (χ0v) is 8.28. The molecule has 4 heteroatoms. The second-order valence-electron chi connectivity index (χ2n) is 3.22. The topological polar surface area (TPSA) is 35.2 Å². The average molecular weight is 221 g/mol. The molecule has 2 aromatic carbocycles. The quantitative estimate of drug-likeness (QED) is 0.789. The molecule has 0 aliphatic carbocycles. The van der Waals surface area contributed by atoms with E-state index >= 15 is 0 Å². The van der Waals surface area contributed by atoms with Crippen molar-refractivity contribution in [1.29, 1.82) is 0 Å². The molecular formula is C12H9F2NO. The molecule has 0 saturated heterocycles. The van der Waals surface area contributed by atoms with Gasteiger partial charge in [-0.15, -0.1) is 0 Å². The van der Waals surface area contributed by atoms with E-state index in [0.29, 0.717) is 11.4 Å².